The van der Waals surface area contributed by atoms with Crippen molar-refractivity contribution in [3.05, 3.63) is 0 Å². The molecule has 0 amide bonds. The molecular formula is Cl2HgTi. The van der Waals surface area contributed by atoms with Gasteiger partial charge in [0.1, 0.15) is 0 Å². The SMILES string of the molecule is [Cl][Hg][Cl].[Ti]. The van der Waals surface area contributed by atoms with Crippen molar-refractivity contribution in [1.82, 2.24) is 0 Å². The van der Waals surface area contributed by atoms with Crippen molar-refractivity contribution in [3.8, 4) is 0 Å². The monoisotopic (exact) mass is 320 g/mol. The molecule has 4 heavy (non-hydrogen) atoms. The Balaban J connectivity index is 0. The van der Waals surface area contributed by atoms with Gasteiger partial charge in [-0.3, -0.25) is 0 Å². The molecule has 0 heterocycles. The van der Waals surface area contributed by atoms with Crippen molar-refractivity contribution in [2.45, 2.75) is 0 Å². The van der Waals surface area contributed by atoms with Crippen molar-refractivity contribution < 1.29 is 43.8 Å². The summed E-state index contributed by atoms with van der Waals surface area (Å²) in [5, 5.41) is 0. The van der Waals surface area contributed by atoms with Crippen LogP contribution in [0.5, 0.6) is 0 Å². The van der Waals surface area contributed by atoms with Crippen LogP contribution in [-0.4, -0.2) is 0 Å². The van der Waals surface area contributed by atoms with Gasteiger partial charge in [-0.15, -0.1) is 0 Å². The van der Waals surface area contributed by atoms with Crippen LogP contribution in [0.3, 0.4) is 0 Å². The minimum atomic E-state index is -1.14. The summed E-state index contributed by atoms with van der Waals surface area (Å²) >= 11 is -1.14. The Morgan fingerprint density at radius 3 is 1.25 bits per heavy atom. The Morgan fingerprint density at radius 1 is 1.25 bits per heavy atom. The molecule has 0 aliphatic carbocycles. The molecule has 0 saturated heterocycles. The smallest absolute Gasteiger partial charge is 0 e. The van der Waals surface area contributed by atoms with Crippen LogP contribution in [0.1, 0.15) is 0 Å². The second-order valence-electron chi connectivity index (χ2n) is 0.101. The normalized spacial score (nSPS) is 2.50. The van der Waals surface area contributed by atoms with Gasteiger partial charge in [0, 0.05) is 21.7 Å². The molecule has 4 heteroatoms. The van der Waals surface area contributed by atoms with E-state index in [1.807, 2.05) is 0 Å². The summed E-state index contributed by atoms with van der Waals surface area (Å²) in [6, 6.07) is 0. The van der Waals surface area contributed by atoms with E-state index in [-0.39, 0.29) is 21.7 Å². The summed E-state index contributed by atoms with van der Waals surface area (Å²) in [5.74, 6) is 0. The van der Waals surface area contributed by atoms with Crippen molar-refractivity contribution in [1.29, 1.82) is 0 Å². The summed E-state index contributed by atoms with van der Waals surface area (Å²) in [7, 11) is 9.97. The van der Waals surface area contributed by atoms with Crippen LogP contribution in [0.4, 0.5) is 0 Å². The first-order chi connectivity index (χ1) is 1.41. The Labute approximate surface area is 59.4 Å². The fraction of sp³-hybridized carbons (Fsp3) is 0. The molecule has 0 nitrogen and oxygen atoms in total. The van der Waals surface area contributed by atoms with Crippen molar-refractivity contribution >= 4 is 16.5 Å². The Morgan fingerprint density at radius 2 is 1.25 bits per heavy atom. The minimum Gasteiger partial charge on any atom is 0 e. The molecule has 0 rings (SSSR count). The molecule has 0 bridgehead atoms. The Hall–Kier alpha value is 2.23. The van der Waals surface area contributed by atoms with E-state index < -0.39 is 22.1 Å². The first-order valence-corrected chi connectivity index (χ1v) is 14.1. The van der Waals surface area contributed by atoms with Gasteiger partial charge in [0.25, 0.3) is 0 Å². The van der Waals surface area contributed by atoms with Gasteiger partial charge in [0.15, 0.2) is 0 Å². The zero-order chi connectivity index (χ0) is 2.71. The van der Waals surface area contributed by atoms with E-state index in [4.69, 9.17) is 16.5 Å². The molecule has 0 atom stereocenters. The number of rotatable bonds is 0. The van der Waals surface area contributed by atoms with Crippen molar-refractivity contribution in [2.75, 3.05) is 0 Å². The fourth-order valence-electron chi connectivity index (χ4n) is 0. The molecule has 0 fully saturated rings. The van der Waals surface area contributed by atoms with Crippen LogP contribution in [0.15, 0.2) is 0 Å². The number of hydrogen-bond acceptors (Lipinski definition) is 0. The second kappa shape index (κ2) is 8.97. The van der Waals surface area contributed by atoms with Gasteiger partial charge in [-0.05, 0) is 0 Å². The van der Waals surface area contributed by atoms with Crippen LogP contribution in [0, 0.1) is 0 Å². The van der Waals surface area contributed by atoms with Gasteiger partial charge in [0.2, 0.25) is 0 Å². The molecule has 0 unspecified atom stereocenters. The maximum absolute atomic E-state index is 4.99. The number of halogens is 2. The standard InChI is InChI=1S/2ClH.Hg.Ti/h2*1H;;/q;;+2;/p-2. The van der Waals surface area contributed by atoms with E-state index in [0.717, 1.165) is 0 Å². The molecule has 0 aliphatic rings. The zero-order valence-corrected chi connectivity index (χ0v) is 10.5. The van der Waals surface area contributed by atoms with Crippen molar-refractivity contribution in [2.24, 2.45) is 0 Å². The minimum absolute atomic E-state index is 0. The third-order valence-electron chi connectivity index (χ3n) is 0. The van der Waals surface area contributed by atoms with E-state index in [9.17, 15) is 0 Å². The molecule has 0 aromatic rings. The summed E-state index contributed by atoms with van der Waals surface area (Å²) in [4.78, 5) is 0. The molecular weight excluding hydrogens is 319 g/mol. The van der Waals surface area contributed by atoms with Crippen LogP contribution in [0.2, 0.25) is 0 Å². The van der Waals surface area contributed by atoms with E-state index in [1.54, 1.807) is 0 Å². The van der Waals surface area contributed by atoms with Gasteiger partial charge < -0.3 is 0 Å². The van der Waals surface area contributed by atoms with E-state index in [0.29, 0.717) is 0 Å². The van der Waals surface area contributed by atoms with Gasteiger partial charge in [-0.25, -0.2) is 0 Å². The largest absolute Gasteiger partial charge is 0 e. The predicted octanol–water partition coefficient (Wildman–Crippen LogP) is 1.37. The molecule has 0 aromatic carbocycles. The summed E-state index contributed by atoms with van der Waals surface area (Å²) in [5.41, 5.74) is 0. The first kappa shape index (κ1) is 9.52. The fourth-order valence-corrected chi connectivity index (χ4v) is 0. The maximum atomic E-state index is 4.99. The Kier molecular flexibility index (Phi) is 21.4. The Bertz CT molecular complexity index is 6.00. The van der Waals surface area contributed by atoms with Crippen LogP contribution in [-0.2, 0) is 43.8 Å². The molecule has 0 N–H and O–H groups in total. The average molecular weight is 319 g/mol. The van der Waals surface area contributed by atoms with Gasteiger partial charge in [-0.1, -0.05) is 0 Å². The van der Waals surface area contributed by atoms with Crippen LogP contribution >= 0.6 is 16.5 Å². The molecule has 0 aromatic heterocycles. The third kappa shape index (κ3) is 8.87. The molecule has 20 valence electrons. The average Bonchev–Trinajstić information content (AvgIpc) is 0.918. The van der Waals surface area contributed by atoms with Gasteiger partial charge in [0.05, 0.1) is 0 Å². The topological polar surface area (TPSA) is 0 Å². The van der Waals surface area contributed by atoms with Crippen LogP contribution < -0.4 is 0 Å². The summed E-state index contributed by atoms with van der Waals surface area (Å²) < 4.78 is 0. The first-order valence-electron chi connectivity index (χ1n) is 0.535. The molecule has 0 spiro atoms. The van der Waals surface area contributed by atoms with Crippen LogP contribution in [0.25, 0.3) is 0 Å². The van der Waals surface area contributed by atoms with E-state index in [2.05, 4.69) is 0 Å². The summed E-state index contributed by atoms with van der Waals surface area (Å²) in [6.07, 6.45) is 0. The van der Waals surface area contributed by atoms with E-state index >= 15 is 0 Å². The van der Waals surface area contributed by atoms with Gasteiger partial charge >= 0.3 is 38.6 Å². The van der Waals surface area contributed by atoms with Crippen molar-refractivity contribution in [3.63, 3.8) is 0 Å². The molecule has 0 saturated carbocycles. The van der Waals surface area contributed by atoms with E-state index in [1.165, 1.54) is 0 Å². The molecule has 0 aliphatic heterocycles. The molecule has 0 radical (unpaired) electrons. The zero-order valence-electron chi connectivity index (χ0n) is 1.96. The summed E-state index contributed by atoms with van der Waals surface area (Å²) in [6.45, 7) is 0. The third-order valence-corrected chi connectivity index (χ3v) is 0. The van der Waals surface area contributed by atoms with Gasteiger partial charge in [-0.2, -0.15) is 0 Å². The quantitative estimate of drug-likeness (QED) is 0.592. The second-order valence-corrected chi connectivity index (χ2v) is 7.98. The predicted molar refractivity (Wildman–Crippen MR) is 11.7 cm³/mol. The number of hydrogen-bond donors (Lipinski definition) is 0. The maximum Gasteiger partial charge on any atom is 0 e.